The molecule has 0 aliphatic carbocycles. The molecule has 3 N–H and O–H groups in total. The van der Waals surface area contributed by atoms with E-state index in [4.69, 9.17) is 10.5 Å². The molecule has 0 amide bonds. The smallest absolute Gasteiger partial charge is 0.166 e. The summed E-state index contributed by atoms with van der Waals surface area (Å²) < 4.78 is 8.38. The Bertz CT molecular complexity index is 1040. The highest BCUT2D eigenvalue weighted by atomic mass is 31.0. The molecular formula is C23H30N5OP. The van der Waals surface area contributed by atoms with Gasteiger partial charge >= 0.3 is 0 Å². The van der Waals surface area contributed by atoms with Crippen molar-refractivity contribution in [3.8, 4) is 16.9 Å². The van der Waals surface area contributed by atoms with Crippen LogP contribution < -0.4 is 21.1 Å². The van der Waals surface area contributed by atoms with Gasteiger partial charge in [0.25, 0.3) is 0 Å². The molecule has 2 atom stereocenters. The van der Waals surface area contributed by atoms with Crippen molar-refractivity contribution in [1.29, 1.82) is 0 Å². The summed E-state index contributed by atoms with van der Waals surface area (Å²) in [5.41, 5.74) is 11.8. The lowest BCUT2D eigenvalue weighted by atomic mass is 9.98. The monoisotopic (exact) mass is 423 g/mol. The van der Waals surface area contributed by atoms with Crippen LogP contribution in [-0.4, -0.2) is 27.9 Å². The minimum absolute atomic E-state index is 0.137. The lowest BCUT2D eigenvalue weighted by molar-refractivity contribution is 0.226. The number of piperidine rings is 1. The molecule has 7 heteroatoms. The van der Waals surface area contributed by atoms with E-state index in [-0.39, 0.29) is 6.10 Å². The first-order chi connectivity index (χ1) is 14.4. The minimum atomic E-state index is -0.137. The highest BCUT2D eigenvalue weighted by Gasteiger charge is 2.19. The van der Waals surface area contributed by atoms with Crippen LogP contribution in [0.5, 0.6) is 5.75 Å². The molecule has 0 bridgehead atoms. The SMILES string of the molecule is Cc1ccc(P)c(C)c1C(C)Oc1cc(-c2cnn(C3CCNCC3)c2)cnc1N. The fraction of sp³-hybridized carbons (Fsp3) is 0.391. The number of hydrogen-bond acceptors (Lipinski definition) is 5. The number of nitrogen functional groups attached to an aromatic ring is 1. The Kier molecular flexibility index (Phi) is 6.07. The highest BCUT2D eigenvalue weighted by Crippen LogP contribution is 2.33. The van der Waals surface area contributed by atoms with E-state index in [0.717, 1.165) is 37.1 Å². The Morgan fingerprint density at radius 2 is 1.97 bits per heavy atom. The van der Waals surface area contributed by atoms with Gasteiger partial charge < -0.3 is 15.8 Å². The molecule has 2 unspecified atom stereocenters. The van der Waals surface area contributed by atoms with Gasteiger partial charge in [-0.2, -0.15) is 5.10 Å². The van der Waals surface area contributed by atoms with Crippen LogP contribution in [0.25, 0.3) is 11.1 Å². The third kappa shape index (κ3) is 4.21. The molecule has 30 heavy (non-hydrogen) atoms. The summed E-state index contributed by atoms with van der Waals surface area (Å²) in [5, 5.41) is 9.17. The van der Waals surface area contributed by atoms with E-state index in [1.807, 2.05) is 12.3 Å². The topological polar surface area (TPSA) is 78.0 Å². The van der Waals surface area contributed by atoms with Crippen molar-refractivity contribution >= 4 is 20.4 Å². The van der Waals surface area contributed by atoms with Gasteiger partial charge in [-0.15, -0.1) is 9.24 Å². The molecule has 1 aliphatic rings. The number of pyridine rings is 1. The second-order valence-electron chi connectivity index (χ2n) is 8.07. The normalized spacial score (nSPS) is 15.9. The maximum Gasteiger partial charge on any atom is 0.166 e. The van der Waals surface area contributed by atoms with Crippen molar-refractivity contribution in [3.63, 3.8) is 0 Å². The zero-order chi connectivity index (χ0) is 21.3. The van der Waals surface area contributed by atoms with E-state index in [2.05, 4.69) is 68.4 Å². The lowest BCUT2D eigenvalue weighted by Gasteiger charge is -2.22. The van der Waals surface area contributed by atoms with Gasteiger partial charge in [0.2, 0.25) is 0 Å². The van der Waals surface area contributed by atoms with Gasteiger partial charge in [0.15, 0.2) is 11.6 Å². The van der Waals surface area contributed by atoms with Crippen LogP contribution >= 0.6 is 9.24 Å². The van der Waals surface area contributed by atoms with Gasteiger partial charge in [0, 0.05) is 23.5 Å². The van der Waals surface area contributed by atoms with Crippen molar-refractivity contribution in [1.82, 2.24) is 20.1 Å². The number of hydrogen-bond donors (Lipinski definition) is 2. The predicted molar refractivity (Wildman–Crippen MR) is 125 cm³/mol. The molecule has 3 heterocycles. The first kappa shape index (κ1) is 20.8. The number of aromatic nitrogens is 3. The summed E-state index contributed by atoms with van der Waals surface area (Å²) in [6, 6.07) is 6.65. The number of ether oxygens (including phenoxy) is 1. The van der Waals surface area contributed by atoms with Gasteiger partial charge in [-0.3, -0.25) is 4.68 Å². The van der Waals surface area contributed by atoms with Crippen molar-refractivity contribution in [2.45, 2.75) is 45.8 Å². The molecule has 1 aliphatic heterocycles. The molecule has 6 nitrogen and oxygen atoms in total. The van der Waals surface area contributed by atoms with E-state index in [1.54, 1.807) is 6.20 Å². The largest absolute Gasteiger partial charge is 0.482 e. The van der Waals surface area contributed by atoms with Gasteiger partial charge in [-0.05, 0) is 74.8 Å². The first-order valence-electron chi connectivity index (χ1n) is 10.5. The standard InChI is InChI=1S/C23H30N5OP/c1-14-4-5-21(30)15(2)22(14)16(3)29-20-10-17(11-26-23(20)24)18-12-27-28(13-18)19-6-8-25-9-7-19/h4-5,10-13,16,19,25H,6-9,30H2,1-3H3,(H2,24,26). The maximum atomic E-state index is 6.30. The van der Waals surface area contributed by atoms with E-state index < -0.39 is 0 Å². The molecule has 1 fully saturated rings. The van der Waals surface area contributed by atoms with Crippen LogP contribution in [-0.2, 0) is 0 Å². The van der Waals surface area contributed by atoms with Gasteiger partial charge in [-0.25, -0.2) is 4.98 Å². The van der Waals surface area contributed by atoms with Crippen LogP contribution in [0.3, 0.4) is 0 Å². The summed E-state index contributed by atoms with van der Waals surface area (Å²) in [6.45, 7) is 8.36. The third-order valence-electron chi connectivity index (χ3n) is 5.98. The fourth-order valence-electron chi connectivity index (χ4n) is 4.22. The summed E-state index contributed by atoms with van der Waals surface area (Å²) in [7, 11) is 2.79. The van der Waals surface area contributed by atoms with Gasteiger partial charge in [0.05, 0.1) is 12.2 Å². The van der Waals surface area contributed by atoms with Crippen LogP contribution in [0.1, 0.15) is 48.6 Å². The number of anilines is 1. The molecule has 0 radical (unpaired) electrons. The average molecular weight is 424 g/mol. The van der Waals surface area contributed by atoms with Crippen molar-refractivity contribution < 1.29 is 4.74 Å². The van der Waals surface area contributed by atoms with Crippen LogP contribution in [0.4, 0.5) is 5.82 Å². The van der Waals surface area contributed by atoms with Crippen molar-refractivity contribution in [2.75, 3.05) is 18.8 Å². The van der Waals surface area contributed by atoms with E-state index >= 15 is 0 Å². The van der Waals surface area contributed by atoms with Crippen LogP contribution in [0.2, 0.25) is 0 Å². The molecular weight excluding hydrogens is 393 g/mol. The molecule has 3 aromatic rings. The Hall–Kier alpha value is -2.43. The Morgan fingerprint density at radius 3 is 2.73 bits per heavy atom. The minimum Gasteiger partial charge on any atom is -0.482 e. The van der Waals surface area contributed by atoms with Crippen LogP contribution in [0.15, 0.2) is 36.8 Å². The average Bonchev–Trinajstić information content (AvgIpc) is 3.24. The summed E-state index contributed by atoms with van der Waals surface area (Å²) in [6.07, 6.45) is 7.84. The molecule has 0 spiro atoms. The Labute approximate surface area is 180 Å². The number of aryl methyl sites for hydroxylation is 1. The summed E-state index contributed by atoms with van der Waals surface area (Å²) in [4.78, 5) is 4.39. The lowest BCUT2D eigenvalue weighted by Crippen LogP contribution is -2.29. The van der Waals surface area contributed by atoms with Crippen molar-refractivity contribution in [2.24, 2.45) is 0 Å². The number of nitrogens with two attached hydrogens (primary N) is 1. The predicted octanol–water partition coefficient (Wildman–Crippen LogP) is 3.71. The first-order valence-corrected chi connectivity index (χ1v) is 11.0. The summed E-state index contributed by atoms with van der Waals surface area (Å²) >= 11 is 0. The molecule has 0 saturated carbocycles. The molecule has 4 rings (SSSR count). The molecule has 1 saturated heterocycles. The number of nitrogens with zero attached hydrogens (tertiary/aromatic N) is 3. The maximum absolute atomic E-state index is 6.30. The van der Waals surface area contributed by atoms with E-state index in [9.17, 15) is 0 Å². The number of nitrogens with one attached hydrogen (secondary N) is 1. The second-order valence-corrected chi connectivity index (χ2v) is 8.69. The van der Waals surface area contributed by atoms with Gasteiger partial charge in [0.1, 0.15) is 6.10 Å². The second kappa shape index (κ2) is 8.75. The molecule has 158 valence electrons. The van der Waals surface area contributed by atoms with Gasteiger partial charge in [-0.1, -0.05) is 12.1 Å². The zero-order valence-corrected chi connectivity index (χ0v) is 19.0. The Morgan fingerprint density at radius 1 is 1.20 bits per heavy atom. The quantitative estimate of drug-likeness (QED) is 0.612. The fourth-order valence-corrected chi connectivity index (χ4v) is 4.47. The third-order valence-corrected chi connectivity index (χ3v) is 6.61. The molecule has 2 aromatic heterocycles. The van der Waals surface area contributed by atoms with E-state index in [0.29, 0.717) is 17.6 Å². The number of rotatable bonds is 5. The zero-order valence-electron chi connectivity index (χ0n) is 17.9. The summed E-state index contributed by atoms with van der Waals surface area (Å²) in [5.74, 6) is 0.997. The van der Waals surface area contributed by atoms with Crippen LogP contribution in [0, 0.1) is 13.8 Å². The Balaban J connectivity index is 1.58. The van der Waals surface area contributed by atoms with E-state index in [1.165, 1.54) is 22.0 Å². The highest BCUT2D eigenvalue weighted by molar-refractivity contribution is 7.27. The van der Waals surface area contributed by atoms with Crippen molar-refractivity contribution in [3.05, 3.63) is 53.5 Å². The number of benzene rings is 1. The molecule has 1 aromatic carbocycles.